The molecule has 0 radical (unpaired) electrons. The van der Waals surface area contributed by atoms with E-state index in [1.165, 1.54) is 295 Å². The van der Waals surface area contributed by atoms with Crippen LogP contribution in [0.15, 0.2) is 97.2 Å². The van der Waals surface area contributed by atoms with Gasteiger partial charge in [-0.15, -0.1) is 0 Å². The first-order chi connectivity index (χ1) is 39.5. The van der Waals surface area contributed by atoms with E-state index in [-0.39, 0.29) is 0 Å². The molecule has 2 heteroatoms. The van der Waals surface area contributed by atoms with E-state index in [0.717, 1.165) is 43.4 Å². The van der Waals surface area contributed by atoms with Crippen LogP contribution in [0.4, 0.5) is 0 Å². The monoisotopic (exact) mass is 1110 g/mol. The third kappa shape index (κ3) is 50.1. The van der Waals surface area contributed by atoms with Crippen molar-refractivity contribution >= 4 is 6.29 Å². The van der Waals surface area contributed by atoms with Crippen molar-refractivity contribution in [3.05, 3.63) is 97.2 Å². The fourth-order valence-electron chi connectivity index (χ4n) is 12.3. The molecule has 2 aliphatic carbocycles. The van der Waals surface area contributed by atoms with Crippen LogP contribution in [0, 0.1) is 35.5 Å². The second kappa shape index (κ2) is 61.1. The Bertz CT molecular complexity index is 1420. The molecule has 0 bridgehead atoms. The lowest BCUT2D eigenvalue weighted by molar-refractivity contribution is -0.109. The van der Waals surface area contributed by atoms with E-state index < -0.39 is 0 Å². The summed E-state index contributed by atoms with van der Waals surface area (Å²) in [7, 11) is 4.53. The minimum Gasteiger partial charge on any atom is -0.309 e. The highest BCUT2D eigenvalue weighted by atomic mass is 16.1. The fraction of sp³-hybridized carbons (Fsp3) is 0.782. The van der Waals surface area contributed by atoms with Gasteiger partial charge in [-0.05, 0) is 198 Å². The number of hydrogen-bond acceptors (Lipinski definition) is 2. The van der Waals surface area contributed by atoms with E-state index in [1.807, 2.05) is 0 Å². The minimum absolute atomic E-state index is 0.390. The van der Waals surface area contributed by atoms with Gasteiger partial charge in [0, 0.05) is 12.5 Å². The molecule has 0 N–H and O–H groups in total. The number of hydrogen-bond donors (Lipinski definition) is 0. The standard InChI is InChI=1S/C40H73N.C38H66O/c1-5-7-9-11-13-15-17-19-21-23-25-27-29-31-33-35-38-39(40(38)37-41(3)4)36-34-32-30-28-26-24-22-20-18-16-14-12-10-8-6-2;1-3-5-7-9-11-13-15-17-19-21-23-25-27-29-31-33-36-37(38(36)35-39)34-32-30-28-26-24-22-20-18-16-14-12-10-8-6-4-2/h13-16,19-22,38-40H,5-12,17-18,23-37H2,1-4H3;11-14,17-20,35-38H,3-10,15-16,21-34H2,1-2H3/b15-13-,16-14-,21-19-,22-20-;13-11-,14-12-,19-17-,20-18-. The summed E-state index contributed by atoms with van der Waals surface area (Å²) >= 11 is 0. The Kier molecular flexibility index (Phi) is 57.7. The largest absolute Gasteiger partial charge is 0.309 e. The average molecular weight is 1110 g/mol. The molecule has 0 aromatic rings. The topological polar surface area (TPSA) is 20.3 Å². The first-order valence-corrected chi connectivity index (χ1v) is 35.8. The molecule has 0 saturated heterocycles. The van der Waals surface area contributed by atoms with Crippen LogP contribution < -0.4 is 0 Å². The molecule has 2 nitrogen and oxygen atoms in total. The summed E-state index contributed by atoms with van der Waals surface area (Å²) in [4.78, 5) is 13.9. The maximum absolute atomic E-state index is 11.5. The van der Waals surface area contributed by atoms with Crippen LogP contribution >= 0.6 is 0 Å². The van der Waals surface area contributed by atoms with Crippen LogP contribution in [-0.4, -0.2) is 31.8 Å². The molecule has 0 spiro atoms. The second-order valence-electron chi connectivity index (χ2n) is 25.4. The molecule has 0 aromatic heterocycles. The van der Waals surface area contributed by atoms with Gasteiger partial charge < -0.3 is 9.69 Å². The summed E-state index contributed by atoms with van der Waals surface area (Å²) in [6.07, 6.45) is 103. The van der Waals surface area contributed by atoms with Gasteiger partial charge in [-0.2, -0.15) is 0 Å². The highest BCUT2D eigenvalue weighted by Gasteiger charge is 2.48. The SMILES string of the molecule is CCCCC/C=C\C/C=C\CCCCCCCC1C(C=O)C1CCCCCCC/C=C\C/C=C\CCCCC.CCCCC/C=C\C/C=C\CCCCCCCC1C(CCCCCCC/C=C\C/C=C\CCCCC)C1CN(C)C. The van der Waals surface area contributed by atoms with Crippen molar-refractivity contribution in [1.82, 2.24) is 4.90 Å². The zero-order chi connectivity index (χ0) is 57.7. The molecule has 462 valence electrons. The molecule has 0 aromatic carbocycles. The Hall–Kier alpha value is -2.45. The van der Waals surface area contributed by atoms with Crippen LogP contribution in [0.2, 0.25) is 0 Å². The molecule has 0 aliphatic heterocycles. The lowest BCUT2D eigenvalue weighted by atomic mass is 10.0. The van der Waals surface area contributed by atoms with Crippen molar-refractivity contribution in [3.8, 4) is 0 Å². The van der Waals surface area contributed by atoms with Gasteiger partial charge in [0.05, 0.1) is 0 Å². The van der Waals surface area contributed by atoms with Crippen LogP contribution in [0.3, 0.4) is 0 Å². The summed E-state index contributed by atoms with van der Waals surface area (Å²) in [6, 6.07) is 0. The van der Waals surface area contributed by atoms with E-state index in [4.69, 9.17) is 0 Å². The Labute approximate surface area is 502 Å². The molecule has 0 amide bonds. The molecule has 2 rings (SSSR count). The Balaban J connectivity index is 0.000000801. The van der Waals surface area contributed by atoms with Crippen LogP contribution in [0.25, 0.3) is 0 Å². The summed E-state index contributed by atoms with van der Waals surface area (Å²) in [5.41, 5.74) is 0. The molecular weight excluding hydrogens is 967 g/mol. The predicted octanol–water partition coefficient (Wildman–Crippen LogP) is 25.7. The Morgan fingerprint density at radius 3 is 0.688 bits per heavy atom. The second-order valence-corrected chi connectivity index (χ2v) is 25.4. The first kappa shape index (κ1) is 75.6. The normalized spacial score (nSPS) is 19.3. The van der Waals surface area contributed by atoms with E-state index in [9.17, 15) is 4.79 Å². The zero-order valence-electron chi connectivity index (χ0n) is 54.8. The van der Waals surface area contributed by atoms with Crippen molar-refractivity contribution in [1.29, 1.82) is 0 Å². The van der Waals surface area contributed by atoms with Crippen molar-refractivity contribution in [2.45, 2.75) is 336 Å². The van der Waals surface area contributed by atoms with Gasteiger partial charge in [0.2, 0.25) is 0 Å². The lowest BCUT2D eigenvalue weighted by Gasteiger charge is -2.09. The van der Waals surface area contributed by atoms with Crippen LogP contribution in [0.5, 0.6) is 0 Å². The number of nitrogens with zero attached hydrogens (tertiary/aromatic N) is 1. The van der Waals surface area contributed by atoms with Crippen molar-refractivity contribution < 1.29 is 4.79 Å². The number of unbranched alkanes of at least 4 members (excludes halogenated alkanes) is 32. The molecule has 4 atom stereocenters. The van der Waals surface area contributed by atoms with Crippen LogP contribution in [0.1, 0.15) is 336 Å². The number of allylic oxidation sites excluding steroid dienone is 16. The average Bonchev–Trinajstić information content (AvgIpc) is 4.40. The first-order valence-electron chi connectivity index (χ1n) is 35.8. The Morgan fingerprint density at radius 2 is 0.463 bits per heavy atom. The number of aldehydes is 1. The van der Waals surface area contributed by atoms with E-state index >= 15 is 0 Å². The molecule has 2 saturated carbocycles. The summed E-state index contributed by atoms with van der Waals surface area (Å²) < 4.78 is 0. The molecule has 2 aliphatic rings. The number of carbonyl (C=O) groups is 1. The molecular formula is C78H139NO. The van der Waals surface area contributed by atoms with E-state index in [0.29, 0.717) is 17.8 Å². The summed E-state index contributed by atoms with van der Waals surface area (Å²) in [5.74, 6) is 4.86. The van der Waals surface area contributed by atoms with E-state index in [2.05, 4.69) is 144 Å². The minimum atomic E-state index is 0.390. The summed E-state index contributed by atoms with van der Waals surface area (Å²) in [5, 5.41) is 0. The summed E-state index contributed by atoms with van der Waals surface area (Å²) in [6.45, 7) is 10.4. The van der Waals surface area contributed by atoms with Crippen molar-refractivity contribution in [2.75, 3.05) is 20.6 Å². The Morgan fingerprint density at radius 1 is 0.250 bits per heavy atom. The highest BCUT2D eigenvalue weighted by molar-refractivity contribution is 5.59. The van der Waals surface area contributed by atoms with E-state index in [1.54, 1.807) is 0 Å². The van der Waals surface area contributed by atoms with Gasteiger partial charge in [-0.1, -0.05) is 279 Å². The lowest BCUT2D eigenvalue weighted by Crippen LogP contribution is -2.16. The third-order valence-corrected chi connectivity index (χ3v) is 17.6. The quantitative estimate of drug-likeness (QED) is 0.0344. The maximum atomic E-state index is 11.5. The van der Waals surface area contributed by atoms with Gasteiger partial charge in [0.1, 0.15) is 6.29 Å². The zero-order valence-corrected chi connectivity index (χ0v) is 54.8. The molecule has 80 heavy (non-hydrogen) atoms. The fourth-order valence-corrected chi connectivity index (χ4v) is 12.3. The third-order valence-electron chi connectivity index (χ3n) is 17.6. The highest BCUT2D eigenvalue weighted by Crippen LogP contribution is 2.53. The maximum Gasteiger partial charge on any atom is 0.123 e. The van der Waals surface area contributed by atoms with Crippen molar-refractivity contribution in [3.63, 3.8) is 0 Å². The molecule has 2 fully saturated rings. The smallest absolute Gasteiger partial charge is 0.123 e. The van der Waals surface area contributed by atoms with Gasteiger partial charge in [0.15, 0.2) is 0 Å². The molecule has 4 unspecified atom stereocenters. The van der Waals surface area contributed by atoms with Crippen molar-refractivity contribution in [2.24, 2.45) is 35.5 Å². The van der Waals surface area contributed by atoms with Gasteiger partial charge in [0.25, 0.3) is 0 Å². The number of rotatable bonds is 59. The predicted molar refractivity (Wildman–Crippen MR) is 363 cm³/mol. The van der Waals surface area contributed by atoms with Crippen LogP contribution in [-0.2, 0) is 4.79 Å². The van der Waals surface area contributed by atoms with Gasteiger partial charge in [-0.3, -0.25) is 0 Å². The molecule has 0 heterocycles. The van der Waals surface area contributed by atoms with Gasteiger partial charge in [-0.25, -0.2) is 0 Å². The van der Waals surface area contributed by atoms with Gasteiger partial charge >= 0.3 is 0 Å². The number of carbonyl (C=O) groups excluding carboxylic acids is 1.